The second-order valence-electron chi connectivity index (χ2n) is 4.40. The summed E-state index contributed by atoms with van der Waals surface area (Å²) in [6, 6.07) is -0.0223. The summed E-state index contributed by atoms with van der Waals surface area (Å²) in [6.07, 6.45) is 0.140. The summed E-state index contributed by atoms with van der Waals surface area (Å²) >= 11 is 1.76. The minimum absolute atomic E-state index is 0.0223. The molecule has 2 N–H and O–H groups in total. The molecular formula is C11H21N3O2S. The maximum Gasteiger partial charge on any atom is 0.238 e. The molecule has 0 radical (unpaired) electrons. The smallest absolute Gasteiger partial charge is 0.238 e. The highest BCUT2D eigenvalue weighted by molar-refractivity contribution is 7.99. The van der Waals surface area contributed by atoms with E-state index in [1.54, 1.807) is 11.8 Å². The third kappa shape index (κ3) is 3.84. The molecule has 2 fully saturated rings. The summed E-state index contributed by atoms with van der Waals surface area (Å²) in [4.78, 5) is 14.1. The number of carbonyl (C=O) groups is 1. The van der Waals surface area contributed by atoms with Gasteiger partial charge in [0.05, 0.1) is 18.8 Å². The number of likely N-dealkylation sites (N-methyl/N-ethyl adjacent to an activating group) is 1. The second-order valence-corrected chi connectivity index (χ2v) is 5.43. The molecule has 0 aromatic rings. The van der Waals surface area contributed by atoms with Crippen molar-refractivity contribution in [2.45, 2.75) is 19.1 Å². The number of ether oxygens (including phenoxy) is 1. The fourth-order valence-electron chi connectivity index (χ4n) is 2.09. The quantitative estimate of drug-likeness (QED) is 0.712. The van der Waals surface area contributed by atoms with E-state index in [9.17, 15) is 4.79 Å². The predicted octanol–water partition coefficient (Wildman–Crippen LogP) is -0.514. The highest BCUT2D eigenvalue weighted by Crippen LogP contribution is 2.09. The molecule has 6 heteroatoms. The summed E-state index contributed by atoms with van der Waals surface area (Å²) < 4.78 is 5.64. The Hall–Kier alpha value is -0.300. The van der Waals surface area contributed by atoms with Crippen molar-refractivity contribution in [1.82, 2.24) is 15.5 Å². The topological polar surface area (TPSA) is 53.6 Å². The fraction of sp³-hybridized carbons (Fsp3) is 0.909. The lowest BCUT2D eigenvalue weighted by molar-refractivity contribution is -0.123. The first-order valence-corrected chi connectivity index (χ1v) is 7.38. The van der Waals surface area contributed by atoms with Gasteiger partial charge in [-0.05, 0) is 6.54 Å². The zero-order chi connectivity index (χ0) is 12.1. The first-order chi connectivity index (χ1) is 8.29. The molecule has 2 aliphatic heterocycles. The Balaban J connectivity index is 1.68. The number of nitrogens with one attached hydrogen (secondary N) is 2. The Morgan fingerprint density at radius 3 is 3.24 bits per heavy atom. The Bertz CT molecular complexity index is 259. The number of carbonyl (C=O) groups excluding carboxylic acids is 1. The maximum absolute atomic E-state index is 11.8. The molecule has 2 unspecified atom stereocenters. The first kappa shape index (κ1) is 13.1. The summed E-state index contributed by atoms with van der Waals surface area (Å²) in [5.41, 5.74) is 0. The van der Waals surface area contributed by atoms with Gasteiger partial charge in [-0.1, -0.05) is 6.92 Å². The third-order valence-corrected chi connectivity index (χ3v) is 4.15. The average Bonchev–Trinajstić information content (AvgIpc) is 2.90. The molecule has 0 aliphatic carbocycles. The van der Waals surface area contributed by atoms with Crippen LogP contribution in [0.1, 0.15) is 6.92 Å². The zero-order valence-corrected chi connectivity index (χ0v) is 11.1. The molecule has 0 aromatic carbocycles. The summed E-state index contributed by atoms with van der Waals surface area (Å²) in [5.74, 6) is 1.85. The third-order valence-electron chi connectivity index (χ3n) is 3.21. The minimum atomic E-state index is -0.0223. The van der Waals surface area contributed by atoms with Gasteiger partial charge in [-0.2, -0.15) is 0 Å². The molecule has 1 amide bonds. The van der Waals surface area contributed by atoms with E-state index in [0.29, 0.717) is 6.54 Å². The Morgan fingerprint density at radius 1 is 1.65 bits per heavy atom. The lowest BCUT2D eigenvalue weighted by Crippen LogP contribution is -2.50. The van der Waals surface area contributed by atoms with E-state index >= 15 is 0 Å². The highest BCUT2D eigenvalue weighted by Gasteiger charge is 2.24. The number of thioether (sulfide) groups is 1. The molecule has 2 saturated heterocycles. The summed E-state index contributed by atoms with van der Waals surface area (Å²) in [6.45, 7) is 6.52. The molecule has 2 atom stereocenters. The molecule has 98 valence electrons. The van der Waals surface area contributed by atoms with Crippen LogP contribution in [-0.4, -0.2) is 67.4 Å². The lowest BCUT2D eigenvalue weighted by atomic mass is 10.2. The number of morpholine rings is 1. The number of amides is 1. The van der Waals surface area contributed by atoms with E-state index in [2.05, 4.69) is 22.5 Å². The Morgan fingerprint density at radius 2 is 2.53 bits per heavy atom. The Kier molecular flexibility index (Phi) is 5.09. The molecule has 2 aliphatic rings. The number of hydrogen-bond donors (Lipinski definition) is 2. The molecule has 17 heavy (non-hydrogen) atoms. The van der Waals surface area contributed by atoms with Crippen molar-refractivity contribution in [3.63, 3.8) is 0 Å². The van der Waals surface area contributed by atoms with Gasteiger partial charge in [-0.15, -0.1) is 11.8 Å². The van der Waals surface area contributed by atoms with Crippen LogP contribution >= 0.6 is 11.8 Å². The van der Waals surface area contributed by atoms with Gasteiger partial charge in [0, 0.05) is 31.3 Å². The van der Waals surface area contributed by atoms with Crippen LogP contribution in [-0.2, 0) is 9.53 Å². The average molecular weight is 259 g/mol. The van der Waals surface area contributed by atoms with Crippen molar-refractivity contribution < 1.29 is 9.53 Å². The van der Waals surface area contributed by atoms with Gasteiger partial charge in [0.1, 0.15) is 0 Å². The molecule has 0 bridgehead atoms. The highest BCUT2D eigenvalue weighted by atomic mass is 32.2. The van der Waals surface area contributed by atoms with Crippen LogP contribution in [0.25, 0.3) is 0 Å². The number of nitrogens with zero attached hydrogens (tertiary/aromatic N) is 1. The predicted molar refractivity (Wildman–Crippen MR) is 69.1 cm³/mol. The lowest BCUT2D eigenvalue weighted by Gasteiger charge is -2.32. The van der Waals surface area contributed by atoms with Gasteiger partial charge in [0.2, 0.25) is 5.91 Å². The van der Waals surface area contributed by atoms with Crippen LogP contribution in [0.2, 0.25) is 0 Å². The SMILES string of the molecule is CCN1CCOC(CNC(=O)C2CSCN2)C1. The minimum Gasteiger partial charge on any atom is -0.374 e. The molecule has 2 heterocycles. The van der Waals surface area contributed by atoms with Gasteiger partial charge in [-0.3, -0.25) is 15.0 Å². The molecule has 2 rings (SSSR count). The molecular weight excluding hydrogens is 238 g/mol. The second kappa shape index (κ2) is 6.58. The van der Waals surface area contributed by atoms with E-state index in [0.717, 1.165) is 37.9 Å². The number of hydrogen-bond acceptors (Lipinski definition) is 5. The van der Waals surface area contributed by atoms with E-state index in [-0.39, 0.29) is 18.1 Å². The molecule has 0 saturated carbocycles. The standard InChI is InChI=1S/C11H21N3O2S/c1-2-14-3-4-16-9(6-14)5-12-11(15)10-7-17-8-13-10/h9-10,13H,2-8H2,1H3,(H,12,15). The van der Waals surface area contributed by atoms with Crippen molar-refractivity contribution in [3.05, 3.63) is 0 Å². The largest absolute Gasteiger partial charge is 0.374 e. The maximum atomic E-state index is 11.8. The van der Waals surface area contributed by atoms with E-state index in [4.69, 9.17) is 4.74 Å². The number of rotatable bonds is 4. The summed E-state index contributed by atoms with van der Waals surface area (Å²) in [5, 5.41) is 6.14. The molecule has 5 nitrogen and oxygen atoms in total. The fourth-order valence-corrected chi connectivity index (χ4v) is 3.03. The van der Waals surface area contributed by atoms with Crippen LogP contribution in [0.4, 0.5) is 0 Å². The van der Waals surface area contributed by atoms with E-state index in [1.165, 1.54) is 0 Å². The first-order valence-electron chi connectivity index (χ1n) is 6.22. The Labute approximate surface area is 107 Å². The van der Waals surface area contributed by atoms with Gasteiger partial charge in [0.25, 0.3) is 0 Å². The van der Waals surface area contributed by atoms with Crippen LogP contribution in [0.15, 0.2) is 0 Å². The van der Waals surface area contributed by atoms with Gasteiger partial charge < -0.3 is 10.1 Å². The van der Waals surface area contributed by atoms with Crippen LogP contribution < -0.4 is 10.6 Å². The normalized spacial score (nSPS) is 30.4. The van der Waals surface area contributed by atoms with Crippen molar-refractivity contribution in [3.8, 4) is 0 Å². The van der Waals surface area contributed by atoms with E-state index < -0.39 is 0 Å². The van der Waals surface area contributed by atoms with Gasteiger partial charge in [0.15, 0.2) is 0 Å². The zero-order valence-electron chi connectivity index (χ0n) is 10.3. The van der Waals surface area contributed by atoms with Crippen LogP contribution in [0.3, 0.4) is 0 Å². The van der Waals surface area contributed by atoms with Crippen molar-refractivity contribution >= 4 is 17.7 Å². The van der Waals surface area contributed by atoms with Gasteiger partial charge >= 0.3 is 0 Å². The van der Waals surface area contributed by atoms with E-state index in [1.807, 2.05) is 0 Å². The van der Waals surface area contributed by atoms with Crippen molar-refractivity contribution in [2.24, 2.45) is 0 Å². The monoisotopic (exact) mass is 259 g/mol. The van der Waals surface area contributed by atoms with Crippen LogP contribution in [0.5, 0.6) is 0 Å². The van der Waals surface area contributed by atoms with Crippen molar-refractivity contribution in [1.29, 1.82) is 0 Å². The van der Waals surface area contributed by atoms with Gasteiger partial charge in [-0.25, -0.2) is 0 Å². The van der Waals surface area contributed by atoms with Crippen LogP contribution in [0, 0.1) is 0 Å². The molecule has 0 spiro atoms. The van der Waals surface area contributed by atoms with Crippen molar-refractivity contribution in [2.75, 3.05) is 44.4 Å². The molecule has 0 aromatic heterocycles. The summed E-state index contributed by atoms with van der Waals surface area (Å²) in [7, 11) is 0.